The van der Waals surface area contributed by atoms with Crippen LogP contribution in [0, 0.1) is 0 Å². The molecule has 0 saturated heterocycles. The number of carbonyl (C=O) groups is 1. The molecular weight excluding hydrogens is 214 g/mol. The van der Waals surface area contributed by atoms with Gasteiger partial charge >= 0.3 is 0 Å². The Kier molecular flexibility index (Phi) is 3.43. The largest absolute Gasteiger partial charge is 0.346 e. The number of nitrogens with zero attached hydrogens (tertiary/aromatic N) is 1. The summed E-state index contributed by atoms with van der Waals surface area (Å²) in [5, 5.41) is 2.95. The summed E-state index contributed by atoms with van der Waals surface area (Å²) in [5.41, 5.74) is 6.30. The van der Waals surface area contributed by atoms with Crippen LogP contribution in [0.25, 0.3) is 0 Å². The number of nitrogens with two attached hydrogens (primary N) is 1. The van der Waals surface area contributed by atoms with Crippen LogP contribution in [-0.2, 0) is 4.79 Å². The third kappa shape index (κ3) is 2.64. The Balaban J connectivity index is 1.99. The molecule has 1 fully saturated rings. The van der Waals surface area contributed by atoms with Crippen LogP contribution < -0.4 is 11.1 Å². The maximum absolute atomic E-state index is 12.1. The van der Waals surface area contributed by atoms with Crippen molar-refractivity contribution < 1.29 is 4.79 Å². The lowest BCUT2D eigenvalue weighted by Crippen LogP contribution is -2.52. The Morgan fingerprint density at radius 3 is 2.76 bits per heavy atom. The van der Waals surface area contributed by atoms with Gasteiger partial charge in [0.1, 0.15) is 0 Å². The molecule has 0 aliphatic heterocycles. The van der Waals surface area contributed by atoms with Crippen molar-refractivity contribution in [2.45, 2.75) is 44.2 Å². The van der Waals surface area contributed by atoms with E-state index in [1.807, 2.05) is 25.1 Å². The molecule has 4 heteroatoms. The van der Waals surface area contributed by atoms with Gasteiger partial charge in [0.2, 0.25) is 5.91 Å². The molecule has 1 saturated carbocycles. The molecule has 92 valence electrons. The molecule has 0 spiro atoms. The molecular formula is C13H19N3O. The molecule has 1 amide bonds. The van der Waals surface area contributed by atoms with Crippen LogP contribution in [0.2, 0.25) is 0 Å². The molecule has 1 unspecified atom stereocenters. The highest BCUT2D eigenvalue weighted by molar-refractivity contribution is 5.86. The van der Waals surface area contributed by atoms with Crippen molar-refractivity contribution >= 4 is 5.91 Å². The maximum Gasteiger partial charge on any atom is 0.240 e. The van der Waals surface area contributed by atoms with E-state index in [0.717, 1.165) is 31.4 Å². The summed E-state index contributed by atoms with van der Waals surface area (Å²) in [4.78, 5) is 16.3. The van der Waals surface area contributed by atoms with E-state index < -0.39 is 5.54 Å². The molecule has 1 aromatic heterocycles. The fraction of sp³-hybridized carbons (Fsp3) is 0.538. The molecule has 3 N–H and O–H groups in total. The number of nitrogens with one attached hydrogen (secondary N) is 1. The Morgan fingerprint density at radius 2 is 2.18 bits per heavy atom. The lowest BCUT2D eigenvalue weighted by Gasteiger charge is -2.24. The minimum Gasteiger partial charge on any atom is -0.346 e. The molecule has 0 radical (unpaired) electrons. The normalized spacial score (nSPS) is 19.9. The summed E-state index contributed by atoms with van der Waals surface area (Å²) in [6, 6.07) is 5.59. The molecule has 1 aliphatic rings. The third-order valence-electron chi connectivity index (χ3n) is 3.43. The highest BCUT2D eigenvalue weighted by atomic mass is 16.2. The van der Waals surface area contributed by atoms with Crippen molar-refractivity contribution in [3.8, 4) is 0 Å². The van der Waals surface area contributed by atoms with Gasteiger partial charge in [-0.2, -0.15) is 0 Å². The van der Waals surface area contributed by atoms with E-state index in [4.69, 9.17) is 5.73 Å². The first kappa shape index (κ1) is 12.0. The van der Waals surface area contributed by atoms with Crippen molar-refractivity contribution in [2.75, 3.05) is 0 Å². The summed E-state index contributed by atoms with van der Waals surface area (Å²) in [7, 11) is 0. The first-order valence-corrected chi connectivity index (χ1v) is 6.13. The summed E-state index contributed by atoms with van der Waals surface area (Å²) in [6.45, 7) is 1.93. The second-order valence-corrected chi connectivity index (χ2v) is 4.81. The van der Waals surface area contributed by atoms with Gasteiger partial charge in [-0.1, -0.05) is 18.9 Å². The van der Waals surface area contributed by atoms with Crippen LogP contribution in [0.15, 0.2) is 24.4 Å². The van der Waals surface area contributed by atoms with E-state index in [2.05, 4.69) is 10.3 Å². The average molecular weight is 233 g/mol. The number of hydrogen-bond donors (Lipinski definition) is 2. The number of pyridine rings is 1. The zero-order valence-electron chi connectivity index (χ0n) is 10.1. The van der Waals surface area contributed by atoms with Crippen LogP contribution >= 0.6 is 0 Å². The monoisotopic (exact) mass is 233 g/mol. The number of amides is 1. The second-order valence-electron chi connectivity index (χ2n) is 4.81. The Labute approximate surface area is 102 Å². The van der Waals surface area contributed by atoms with E-state index in [0.29, 0.717) is 0 Å². The lowest BCUT2D eigenvalue weighted by molar-refractivity contribution is -0.126. The topological polar surface area (TPSA) is 68.0 Å². The number of carbonyl (C=O) groups excluding carboxylic acids is 1. The molecule has 1 aliphatic carbocycles. The van der Waals surface area contributed by atoms with Crippen LogP contribution in [0.4, 0.5) is 0 Å². The van der Waals surface area contributed by atoms with E-state index >= 15 is 0 Å². The Bertz CT molecular complexity index is 385. The third-order valence-corrected chi connectivity index (χ3v) is 3.43. The summed E-state index contributed by atoms with van der Waals surface area (Å²) in [5.74, 6) is -0.0480. The highest BCUT2D eigenvalue weighted by Crippen LogP contribution is 2.27. The quantitative estimate of drug-likeness (QED) is 0.832. The molecule has 2 rings (SSSR count). The van der Waals surface area contributed by atoms with Gasteiger partial charge in [-0.3, -0.25) is 9.78 Å². The predicted octanol–water partition coefficient (Wildman–Crippen LogP) is 1.53. The Morgan fingerprint density at radius 1 is 1.47 bits per heavy atom. The van der Waals surface area contributed by atoms with Crippen molar-refractivity contribution in [3.63, 3.8) is 0 Å². The molecule has 4 nitrogen and oxygen atoms in total. The van der Waals surface area contributed by atoms with Crippen molar-refractivity contribution in [1.29, 1.82) is 0 Å². The van der Waals surface area contributed by atoms with Gasteiger partial charge in [0.15, 0.2) is 0 Å². The van der Waals surface area contributed by atoms with Gasteiger partial charge in [-0.25, -0.2) is 0 Å². The molecule has 1 heterocycles. The van der Waals surface area contributed by atoms with Crippen molar-refractivity contribution in [2.24, 2.45) is 5.73 Å². The zero-order valence-corrected chi connectivity index (χ0v) is 10.1. The SMILES string of the molecule is CC(NC(=O)C1(N)CCCC1)c1ccccn1. The van der Waals surface area contributed by atoms with Crippen LogP contribution in [-0.4, -0.2) is 16.4 Å². The van der Waals surface area contributed by atoms with Gasteiger partial charge in [-0.05, 0) is 31.9 Å². The summed E-state index contributed by atoms with van der Waals surface area (Å²) >= 11 is 0. The van der Waals surface area contributed by atoms with Gasteiger partial charge in [0.05, 0.1) is 17.3 Å². The first-order chi connectivity index (χ1) is 8.12. The van der Waals surface area contributed by atoms with E-state index in [-0.39, 0.29) is 11.9 Å². The smallest absolute Gasteiger partial charge is 0.240 e. The summed E-state index contributed by atoms with van der Waals surface area (Å²) < 4.78 is 0. The zero-order chi connectivity index (χ0) is 12.3. The standard InChI is InChI=1S/C13H19N3O/c1-10(11-6-2-5-9-15-11)16-12(17)13(14)7-3-4-8-13/h2,5-6,9-10H,3-4,7-8,14H2,1H3,(H,16,17). The van der Waals surface area contributed by atoms with Gasteiger partial charge < -0.3 is 11.1 Å². The lowest BCUT2D eigenvalue weighted by atomic mass is 9.97. The summed E-state index contributed by atoms with van der Waals surface area (Å²) in [6.07, 6.45) is 5.39. The van der Waals surface area contributed by atoms with Gasteiger partial charge in [0.25, 0.3) is 0 Å². The minimum atomic E-state index is -0.664. The van der Waals surface area contributed by atoms with Crippen molar-refractivity contribution in [3.05, 3.63) is 30.1 Å². The number of aromatic nitrogens is 1. The average Bonchev–Trinajstić information content (AvgIpc) is 2.78. The fourth-order valence-corrected chi connectivity index (χ4v) is 2.28. The van der Waals surface area contributed by atoms with E-state index in [1.54, 1.807) is 6.20 Å². The van der Waals surface area contributed by atoms with Crippen LogP contribution in [0.3, 0.4) is 0 Å². The van der Waals surface area contributed by atoms with Crippen LogP contribution in [0.5, 0.6) is 0 Å². The van der Waals surface area contributed by atoms with Gasteiger partial charge in [-0.15, -0.1) is 0 Å². The highest BCUT2D eigenvalue weighted by Gasteiger charge is 2.37. The van der Waals surface area contributed by atoms with Gasteiger partial charge in [0, 0.05) is 6.20 Å². The van der Waals surface area contributed by atoms with Crippen molar-refractivity contribution in [1.82, 2.24) is 10.3 Å². The molecule has 1 aromatic rings. The Hall–Kier alpha value is -1.42. The van der Waals surface area contributed by atoms with E-state index in [9.17, 15) is 4.79 Å². The fourth-order valence-electron chi connectivity index (χ4n) is 2.28. The second kappa shape index (κ2) is 4.84. The number of hydrogen-bond acceptors (Lipinski definition) is 3. The molecule has 0 bridgehead atoms. The number of rotatable bonds is 3. The molecule has 1 atom stereocenters. The minimum absolute atomic E-state index is 0.0480. The first-order valence-electron chi connectivity index (χ1n) is 6.13. The molecule has 0 aromatic carbocycles. The maximum atomic E-state index is 12.1. The predicted molar refractivity (Wildman–Crippen MR) is 66.2 cm³/mol. The van der Waals surface area contributed by atoms with E-state index in [1.165, 1.54) is 0 Å². The van der Waals surface area contributed by atoms with Crippen LogP contribution in [0.1, 0.15) is 44.3 Å². The molecule has 17 heavy (non-hydrogen) atoms.